The van der Waals surface area contributed by atoms with Gasteiger partial charge in [-0.1, -0.05) is 6.07 Å². The summed E-state index contributed by atoms with van der Waals surface area (Å²) in [5.41, 5.74) is 0.234. The van der Waals surface area contributed by atoms with E-state index < -0.39 is 16.6 Å². The molecule has 2 rings (SSSR count). The second-order valence-corrected chi connectivity index (χ2v) is 4.04. The molecule has 0 saturated heterocycles. The molecule has 0 aliphatic rings. The van der Waals surface area contributed by atoms with Crippen LogP contribution in [0.1, 0.15) is 5.56 Å². The molecule has 0 saturated carbocycles. The average molecular weight is 295 g/mol. The average Bonchev–Trinajstić information content (AvgIpc) is 2.48. The minimum absolute atomic E-state index is 0.0581. The molecule has 1 heterocycles. The molecule has 0 radical (unpaired) electrons. The van der Waals surface area contributed by atoms with Gasteiger partial charge in [-0.05, 0) is 17.7 Å². The van der Waals surface area contributed by atoms with Gasteiger partial charge in [0.2, 0.25) is 11.8 Å². The Bertz CT molecular complexity index is 681. The lowest BCUT2D eigenvalue weighted by Crippen LogP contribution is -2.07. The van der Waals surface area contributed by atoms with Gasteiger partial charge < -0.3 is 10.6 Å². The number of nitro groups is 1. The normalized spacial score (nSPS) is 10.2. The van der Waals surface area contributed by atoms with Gasteiger partial charge >= 0.3 is 5.69 Å². The fourth-order valence-electron chi connectivity index (χ4n) is 1.61. The van der Waals surface area contributed by atoms with Crippen LogP contribution < -0.4 is 10.6 Å². The monoisotopic (exact) mass is 295 g/mol. The van der Waals surface area contributed by atoms with Crippen molar-refractivity contribution in [1.82, 2.24) is 9.97 Å². The van der Waals surface area contributed by atoms with Crippen molar-refractivity contribution in [3.63, 3.8) is 0 Å². The van der Waals surface area contributed by atoms with Crippen LogP contribution in [0.15, 0.2) is 24.4 Å². The van der Waals surface area contributed by atoms with E-state index in [0.717, 1.165) is 18.3 Å². The van der Waals surface area contributed by atoms with Crippen molar-refractivity contribution >= 4 is 17.5 Å². The van der Waals surface area contributed by atoms with Gasteiger partial charge in [0.05, 0.1) is 4.92 Å². The summed E-state index contributed by atoms with van der Waals surface area (Å²) in [6.45, 7) is 0.151. The first-order valence-electron chi connectivity index (χ1n) is 5.88. The van der Waals surface area contributed by atoms with Gasteiger partial charge in [-0.15, -0.1) is 0 Å². The van der Waals surface area contributed by atoms with Gasteiger partial charge in [-0.2, -0.15) is 4.98 Å². The van der Waals surface area contributed by atoms with E-state index in [-0.39, 0.29) is 24.0 Å². The van der Waals surface area contributed by atoms with Crippen molar-refractivity contribution < 1.29 is 13.7 Å². The van der Waals surface area contributed by atoms with Gasteiger partial charge in [0.25, 0.3) is 0 Å². The first kappa shape index (κ1) is 14.6. The minimum atomic E-state index is -0.949. The molecule has 2 aromatic rings. The van der Waals surface area contributed by atoms with Crippen LogP contribution >= 0.6 is 0 Å². The smallest absolute Gasteiger partial charge is 0.329 e. The van der Waals surface area contributed by atoms with Gasteiger partial charge in [-0.3, -0.25) is 10.1 Å². The lowest BCUT2D eigenvalue weighted by Gasteiger charge is -2.07. The number of hydrogen-bond donors (Lipinski definition) is 2. The number of nitrogens with one attached hydrogen (secondary N) is 2. The number of halogens is 2. The van der Waals surface area contributed by atoms with Crippen molar-refractivity contribution in [1.29, 1.82) is 0 Å². The molecule has 0 fully saturated rings. The highest BCUT2D eigenvalue weighted by atomic mass is 19.2. The van der Waals surface area contributed by atoms with E-state index in [1.807, 2.05) is 0 Å². The Morgan fingerprint density at radius 2 is 2.10 bits per heavy atom. The molecule has 110 valence electrons. The first-order chi connectivity index (χ1) is 10.0. The summed E-state index contributed by atoms with van der Waals surface area (Å²) < 4.78 is 25.8. The topological polar surface area (TPSA) is 93.0 Å². The molecule has 1 aromatic carbocycles. The Morgan fingerprint density at radius 1 is 1.33 bits per heavy atom. The van der Waals surface area contributed by atoms with Gasteiger partial charge in [0.15, 0.2) is 11.6 Å². The van der Waals surface area contributed by atoms with E-state index in [9.17, 15) is 18.9 Å². The molecule has 0 aliphatic carbocycles. The highest BCUT2D eigenvalue weighted by Crippen LogP contribution is 2.21. The summed E-state index contributed by atoms with van der Waals surface area (Å²) in [6, 6.07) is 3.48. The third kappa shape index (κ3) is 3.38. The van der Waals surface area contributed by atoms with Crippen LogP contribution in [0.4, 0.5) is 26.2 Å². The number of hydrogen-bond acceptors (Lipinski definition) is 6. The quantitative estimate of drug-likeness (QED) is 0.649. The Morgan fingerprint density at radius 3 is 2.71 bits per heavy atom. The maximum atomic E-state index is 13.0. The Balaban J connectivity index is 2.13. The molecule has 21 heavy (non-hydrogen) atoms. The SMILES string of the molecule is CNc1nc(NCc2ccc(F)c(F)c2)ncc1[N+](=O)[O-]. The molecular weight excluding hydrogens is 284 g/mol. The number of aromatic nitrogens is 2. The van der Waals surface area contributed by atoms with Crippen LogP contribution in [0, 0.1) is 21.7 Å². The van der Waals surface area contributed by atoms with E-state index in [0.29, 0.717) is 5.56 Å². The number of nitrogens with zero attached hydrogens (tertiary/aromatic N) is 3. The van der Waals surface area contributed by atoms with Crippen molar-refractivity contribution in [3.8, 4) is 0 Å². The summed E-state index contributed by atoms with van der Waals surface area (Å²) in [5, 5.41) is 16.1. The number of benzene rings is 1. The van der Waals surface area contributed by atoms with Crippen LogP contribution in [-0.4, -0.2) is 21.9 Å². The number of anilines is 2. The molecule has 0 aliphatic heterocycles. The molecule has 1 aromatic heterocycles. The maximum absolute atomic E-state index is 13.0. The van der Waals surface area contributed by atoms with Crippen molar-refractivity contribution in [3.05, 3.63) is 51.7 Å². The van der Waals surface area contributed by atoms with Crippen molar-refractivity contribution in [2.75, 3.05) is 17.7 Å². The highest BCUT2D eigenvalue weighted by molar-refractivity contribution is 5.56. The molecule has 0 unspecified atom stereocenters. The molecular formula is C12H11F2N5O2. The Kier molecular flexibility index (Phi) is 4.21. The third-order valence-electron chi connectivity index (χ3n) is 2.64. The molecule has 0 atom stereocenters. The third-order valence-corrected chi connectivity index (χ3v) is 2.64. The summed E-state index contributed by atoms with van der Waals surface area (Å²) >= 11 is 0. The fourth-order valence-corrected chi connectivity index (χ4v) is 1.61. The lowest BCUT2D eigenvalue weighted by molar-refractivity contribution is -0.384. The zero-order chi connectivity index (χ0) is 15.4. The molecule has 0 spiro atoms. The first-order valence-corrected chi connectivity index (χ1v) is 5.88. The fraction of sp³-hybridized carbons (Fsp3) is 0.167. The van der Waals surface area contributed by atoms with E-state index >= 15 is 0 Å². The predicted octanol–water partition coefficient (Wildman–Crippen LogP) is 2.32. The zero-order valence-corrected chi connectivity index (χ0v) is 10.9. The van der Waals surface area contributed by atoms with E-state index in [1.54, 1.807) is 0 Å². The summed E-state index contributed by atoms with van der Waals surface area (Å²) in [4.78, 5) is 17.8. The number of rotatable bonds is 5. The van der Waals surface area contributed by atoms with Gasteiger partial charge in [0.1, 0.15) is 6.20 Å². The van der Waals surface area contributed by atoms with Crippen LogP contribution in [-0.2, 0) is 6.54 Å². The standard InChI is InChI=1S/C12H11F2N5O2/c1-15-11-10(19(20)21)6-17-12(18-11)16-5-7-2-3-8(13)9(14)4-7/h2-4,6H,5H2,1H3,(H2,15,16,17,18). The Labute approximate surface area is 118 Å². The van der Waals surface area contributed by atoms with Crippen molar-refractivity contribution in [2.24, 2.45) is 0 Å². The minimum Gasteiger partial charge on any atom is -0.367 e. The maximum Gasteiger partial charge on any atom is 0.329 e. The second-order valence-electron chi connectivity index (χ2n) is 4.04. The van der Waals surface area contributed by atoms with Crippen LogP contribution in [0.2, 0.25) is 0 Å². The zero-order valence-electron chi connectivity index (χ0n) is 10.9. The molecule has 9 heteroatoms. The summed E-state index contributed by atoms with van der Waals surface area (Å²) in [5.74, 6) is -1.69. The van der Waals surface area contributed by atoms with Crippen LogP contribution in [0.3, 0.4) is 0 Å². The van der Waals surface area contributed by atoms with E-state index in [4.69, 9.17) is 0 Å². The molecule has 0 amide bonds. The van der Waals surface area contributed by atoms with Crippen molar-refractivity contribution in [2.45, 2.75) is 6.54 Å². The van der Waals surface area contributed by atoms with Gasteiger partial charge in [0, 0.05) is 13.6 Å². The molecule has 2 N–H and O–H groups in total. The van der Waals surface area contributed by atoms with E-state index in [2.05, 4.69) is 20.6 Å². The second kappa shape index (κ2) is 6.07. The summed E-state index contributed by atoms with van der Waals surface area (Å²) in [7, 11) is 1.49. The Hall–Kier alpha value is -2.84. The van der Waals surface area contributed by atoms with Crippen LogP contribution in [0.5, 0.6) is 0 Å². The predicted molar refractivity (Wildman–Crippen MR) is 71.9 cm³/mol. The van der Waals surface area contributed by atoms with Crippen LogP contribution in [0.25, 0.3) is 0 Å². The largest absolute Gasteiger partial charge is 0.367 e. The summed E-state index contributed by atoms with van der Waals surface area (Å²) in [6.07, 6.45) is 1.06. The molecule has 7 nitrogen and oxygen atoms in total. The molecule has 0 bridgehead atoms. The highest BCUT2D eigenvalue weighted by Gasteiger charge is 2.15. The van der Waals surface area contributed by atoms with E-state index in [1.165, 1.54) is 13.1 Å². The van der Waals surface area contributed by atoms with Gasteiger partial charge in [-0.25, -0.2) is 13.8 Å². The lowest BCUT2D eigenvalue weighted by atomic mass is 10.2.